The molecule has 0 aliphatic rings. The summed E-state index contributed by atoms with van der Waals surface area (Å²) < 4.78 is 2.00. The van der Waals surface area contributed by atoms with Crippen LogP contribution in [0.3, 0.4) is 0 Å². The average molecular weight is 319 g/mol. The molecular weight excluding hydrogens is 294 g/mol. The van der Waals surface area contributed by atoms with E-state index in [0.29, 0.717) is 5.92 Å². The third-order valence-corrected chi connectivity index (χ3v) is 4.84. The molecular formula is C17H25N3OS. The lowest BCUT2D eigenvalue weighted by Gasteiger charge is -2.13. The van der Waals surface area contributed by atoms with Crippen molar-refractivity contribution < 1.29 is 4.79 Å². The molecule has 2 aromatic heterocycles. The van der Waals surface area contributed by atoms with Gasteiger partial charge in [0, 0.05) is 16.3 Å². The first-order valence-electron chi connectivity index (χ1n) is 7.84. The van der Waals surface area contributed by atoms with Crippen LogP contribution in [0.2, 0.25) is 0 Å². The SMILES string of the molecule is CCc1c(NC(=O)[C@@H](C)c2ccc(C)s2)cnn1CC(C)C. The number of nitrogens with one attached hydrogen (secondary N) is 1. The fourth-order valence-electron chi connectivity index (χ4n) is 2.45. The van der Waals surface area contributed by atoms with Crippen LogP contribution in [0, 0.1) is 12.8 Å². The molecule has 5 heteroatoms. The third kappa shape index (κ3) is 3.77. The molecule has 2 rings (SSSR count). The van der Waals surface area contributed by atoms with Gasteiger partial charge in [-0.2, -0.15) is 5.10 Å². The first kappa shape index (κ1) is 16.7. The predicted octanol–water partition coefficient (Wildman–Crippen LogP) is 4.21. The van der Waals surface area contributed by atoms with E-state index < -0.39 is 0 Å². The lowest BCUT2D eigenvalue weighted by molar-refractivity contribution is -0.117. The van der Waals surface area contributed by atoms with Gasteiger partial charge in [0.05, 0.1) is 23.5 Å². The van der Waals surface area contributed by atoms with Crippen molar-refractivity contribution in [2.45, 2.75) is 53.5 Å². The van der Waals surface area contributed by atoms with Crippen molar-refractivity contribution in [1.82, 2.24) is 9.78 Å². The number of hydrogen-bond acceptors (Lipinski definition) is 3. The Morgan fingerprint density at radius 1 is 1.36 bits per heavy atom. The summed E-state index contributed by atoms with van der Waals surface area (Å²) in [7, 11) is 0. The van der Waals surface area contributed by atoms with Crippen LogP contribution in [0.4, 0.5) is 5.69 Å². The number of carbonyl (C=O) groups is 1. The maximum Gasteiger partial charge on any atom is 0.232 e. The van der Waals surface area contributed by atoms with E-state index in [-0.39, 0.29) is 11.8 Å². The van der Waals surface area contributed by atoms with Gasteiger partial charge < -0.3 is 5.32 Å². The summed E-state index contributed by atoms with van der Waals surface area (Å²) in [6, 6.07) is 4.09. The van der Waals surface area contributed by atoms with Gasteiger partial charge in [0.2, 0.25) is 5.91 Å². The van der Waals surface area contributed by atoms with Gasteiger partial charge in [-0.3, -0.25) is 9.48 Å². The number of carbonyl (C=O) groups excluding carboxylic acids is 1. The summed E-state index contributed by atoms with van der Waals surface area (Å²) in [5.41, 5.74) is 1.94. The molecule has 0 spiro atoms. The number of thiophene rings is 1. The number of aryl methyl sites for hydroxylation is 1. The highest BCUT2D eigenvalue weighted by Gasteiger charge is 2.19. The van der Waals surface area contributed by atoms with E-state index in [2.05, 4.69) is 44.2 Å². The summed E-state index contributed by atoms with van der Waals surface area (Å²) in [5, 5.41) is 7.47. The second-order valence-electron chi connectivity index (χ2n) is 6.09. The zero-order valence-electron chi connectivity index (χ0n) is 14.0. The number of hydrogen-bond donors (Lipinski definition) is 1. The topological polar surface area (TPSA) is 46.9 Å². The number of rotatable bonds is 6. The maximum atomic E-state index is 12.5. The van der Waals surface area contributed by atoms with Gasteiger partial charge in [-0.15, -0.1) is 11.3 Å². The van der Waals surface area contributed by atoms with Crippen LogP contribution in [0.1, 0.15) is 49.1 Å². The molecule has 0 bridgehead atoms. The normalized spacial score (nSPS) is 12.6. The zero-order valence-corrected chi connectivity index (χ0v) is 14.8. The smallest absolute Gasteiger partial charge is 0.232 e. The molecule has 2 aromatic rings. The van der Waals surface area contributed by atoms with Crippen molar-refractivity contribution in [2.75, 3.05) is 5.32 Å². The Kier molecular flexibility index (Phi) is 5.40. The standard InChI is InChI=1S/C17H25N3OS/c1-6-15-14(9-18-20(15)10-11(2)3)19-17(21)13(5)16-8-7-12(4)22-16/h7-9,11,13H,6,10H2,1-5H3,(H,19,21)/t13-/m0/s1. The Labute approximate surface area is 136 Å². The molecule has 1 amide bonds. The highest BCUT2D eigenvalue weighted by Crippen LogP contribution is 2.26. The van der Waals surface area contributed by atoms with Gasteiger partial charge in [0.1, 0.15) is 0 Å². The van der Waals surface area contributed by atoms with Crippen molar-refractivity contribution in [2.24, 2.45) is 5.92 Å². The number of anilines is 1. The van der Waals surface area contributed by atoms with Gasteiger partial charge in [-0.1, -0.05) is 20.8 Å². The van der Waals surface area contributed by atoms with Crippen molar-refractivity contribution >= 4 is 22.9 Å². The molecule has 0 fully saturated rings. The second-order valence-corrected chi connectivity index (χ2v) is 7.41. The monoisotopic (exact) mass is 319 g/mol. The fraction of sp³-hybridized carbons (Fsp3) is 0.529. The highest BCUT2D eigenvalue weighted by molar-refractivity contribution is 7.12. The Morgan fingerprint density at radius 2 is 2.09 bits per heavy atom. The van der Waals surface area contributed by atoms with E-state index in [1.807, 2.05) is 17.7 Å². The molecule has 0 saturated carbocycles. The molecule has 2 heterocycles. The Bertz CT molecular complexity index is 642. The van der Waals surface area contributed by atoms with Crippen molar-refractivity contribution in [1.29, 1.82) is 0 Å². The van der Waals surface area contributed by atoms with E-state index in [1.165, 1.54) is 4.88 Å². The van der Waals surface area contributed by atoms with Crippen LogP contribution in [-0.4, -0.2) is 15.7 Å². The lowest BCUT2D eigenvalue weighted by Crippen LogP contribution is -2.19. The summed E-state index contributed by atoms with van der Waals surface area (Å²) in [5.74, 6) is 0.416. The van der Waals surface area contributed by atoms with Crippen LogP contribution < -0.4 is 5.32 Å². The zero-order chi connectivity index (χ0) is 16.3. The van der Waals surface area contributed by atoms with Crippen LogP contribution in [0.5, 0.6) is 0 Å². The minimum atomic E-state index is -0.142. The van der Waals surface area contributed by atoms with E-state index in [4.69, 9.17) is 0 Å². The number of aromatic nitrogens is 2. The third-order valence-electron chi connectivity index (χ3n) is 3.66. The average Bonchev–Trinajstić information content (AvgIpc) is 3.04. The molecule has 0 saturated heterocycles. The largest absolute Gasteiger partial charge is 0.323 e. The van der Waals surface area contributed by atoms with Crippen LogP contribution >= 0.6 is 11.3 Å². The molecule has 0 aliphatic carbocycles. The minimum absolute atomic E-state index is 0.0284. The van der Waals surface area contributed by atoms with E-state index >= 15 is 0 Å². The first-order chi connectivity index (χ1) is 10.4. The second kappa shape index (κ2) is 7.09. The summed E-state index contributed by atoms with van der Waals surface area (Å²) >= 11 is 1.68. The number of amides is 1. The predicted molar refractivity (Wildman–Crippen MR) is 92.5 cm³/mol. The van der Waals surface area contributed by atoms with E-state index in [9.17, 15) is 4.79 Å². The molecule has 0 radical (unpaired) electrons. The van der Waals surface area contributed by atoms with Crippen LogP contribution in [0.25, 0.3) is 0 Å². The lowest BCUT2D eigenvalue weighted by atomic mass is 10.1. The quantitative estimate of drug-likeness (QED) is 0.867. The van der Waals surface area contributed by atoms with Crippen LogP contribution in [0.15, 0.2) is 18.3 Å². The van der Waals surface area contributed by atoms with Crippen molar-refractivity contribution in [3.8, 4) is 0 Å². The molecule has 1 N–H and O–H groups in total. The van der Waals surface area contributed by atoms with Gasteiger partial charge in [-0.25, -0.2) is 0 Å². The summed E-state index contributed by atoms with van der Waals surface area (Å²) in [4.78, 5) is 14.8. The molecule has 4 nitrogen and oxygen atoms in total. The summed E-state index contributed by atoms with van der Waals surface area (Å²) in [6.07, 6.45) is 2.63. The molecule has 0 aliphatic heterocycles. The maximum absolute atomic E-state index is 12.5. The Hall–Kier alpha value is -1.62. The number of nitrogens with zero attached hydrogens (tertiary/aromatic N) is 2. The fourth-order valence-corrected chi connectivity index (χ4v) is 3.38. The van der Waals surface area contributed by atoms with Gasteiger partial charge in [0.25, 0.3) is 0 Å². The Morgan fingerprint density at radius 3 is 2.64 bits per heavy atom. The van der Waals surface area contributed by atoms with Gasteiger partial charge in [-0.05, 0) is 38.3 Å². The molecule has 0 unspecified atom stereocenters. The minimum Gasteiger partial charge on any atom is -0.323 e. The van der Waals surface area contributed by atoms with Gasteiger partial charge >= 0.3 is 0 Å². The summed E-state index contributed by atoms with van der Waals surface area (Å²) in [6.45, 7) is 11.3. The highest BCUT2D eigenvalue weighted by atomic mass is 32.1. The van der Waals surface area contributed by atoms with E-state index in [1.54, 1.807) is 17.5 Å². The molecule has 1 atom stereocenters. The molecule has 0 aromatic carbocycles. The van der Waals surface area contributed by atoms with Crippen LogP contribution in [-0.2, 0) is 17.8 Å². The van der Waals surface area contributed by atoms with E-state index in [0.717, 1.165) is 29.2 Å². The van der Waals surface area contributed by atoms with Gasteiger partial charge in [0.15, 0.2) is 0 Å². The molecule has 22 heavy (non-hydrogen) atoms. The molecule has 120 valence electrons. The Balaban J connectivity index is 2.13. The van der Waals surface area contributed by atoms with Crippen molar-refractivity contribution in [3.05, 3.63) is 33.8 Å². The van der Waals surface area contributed by atoms with Crippen molar-refractivity contribution in [3.63, 3.8) is 0 Å². The first-order valence-corrected chi connectivity index (χ1v) is 8.65.